The standard InChI is InChI=1S/C39H59N3O7SSi2/c1-25(2)51(26(3)4,27(5)6)20-19-31-21-34(48-13)23-37-38(31)32(24-41(37)52(28(7)8,29(9)10)30(11)12)22-36(39(43)49-14)40-50(46,47)35-17-15-33(16-18-35)42(44)45/h15-18,21,23-30,36,40H,22H2,1-14H3/t36-/m0/s1. The number of esters is 1. The maximum Gasteiger partial charge on any atom is 0.324 e. The number of sulfonamides is 1. The van der Waals surface area contributed by atoms with E-state index in [9.17, 15) is 23.3 Å². The molecule has 0 amide bonds. The van der Waals surface area contributed by atoms with Crippen molar-refractivity contribution in [2.24, 2.45) is 0 Å². The number of fused-ring (bicyclic) bond motifs is 1. The summed E-state index contributed by atoms with van der Waals surface area (Å²) in [5.41, 5.74) is 8.36. The molecule has 52 heavy (non-hydrogen) atoms. The number of methoxy groups -OCH3 is 2. The zero-order valence-electron chi connectivity index (χ0n) is 33.5. The first-order valence-electron chi connectivity index (χ1n) is 18.2. The highest BCUT2D eigenvalue weighted by Gasteiger charge is 2.47. The lowest BCUT2D eigenvalue weighted by molar-refractivity contribution is -0.384. The van der Waals surface area contributed by atoms with E-state index in [1.54, 1.807) is 7.11 Å². The Hall–Kier alpha value is -3.45. The van der Waals surface area contributed by atoms with E-state index in [0.29, 0.717) is 39.0 Å². The fraction of sp³-hybridized carbons (Fsp3) is 0.564. The van der Waals surface area contributed by atoms with Crippen LogP contribution in [0.2, 0.25) is 33.2 Å². The molecule has 0 aliphatic carbocycles. The van der Waals surface area contributed by atoms with Gasteiger partial charge < -0.3 is 13.7 Å². The number of nitrogens with zero attached hydrogens (tertiary/aromatic N) is 2. The van der Waals surface area contributed by atoms with Crippen LogP contribution < -0.4 is 9.46 Å². The predicted octanol–water partition coefficient (Wildman–Crippen LogP) is 9.21. The SMILES string of the molecule is COC(=O)[C@H](Cc1cn([Si](C(C)C)(C(C)C)C(C)C)c2cc(OC)cc(C#C[Si](C(C)C)(C(C)C)C(C)C)c12)NS(=O)(=O)c1ccc([N+](=O)[O-])cc1. The minimum absolute atomic E-state index is 0.0106. The van der Waals surface area contributed by atoms with Gasteiger partial charge >= 0.3 is 5.97 Å². The highest BCUT2D eigenvalue weighted by atomic mass is 32.2. The third kappa shape index (κ3) is 8.05. The molecule has 1 heterocycles. The predicted molar refractivity (Wildman–Crippen MR) is 216 cm³/mol. The summed E-state index contributed by atoms with van der Waals surface area (Å²) in [5, 5.41) is 12.1. The molecule has 0 aliphatic rings. The van der Waals surface area contributed by atoms with Gasteiger partial charge in [0.25, 0.3) is 5.69 Å². The van der Waals surface area contributed by atoms with E-state index in [1.807, 2.05) is 12.1 Å². The van der Waals surface area contributed by atoms with Crippen LogP contribution in [-0.4, -0.2) is 60.1 Å². The van der Waals surface area contributed by atoms with Crippen LogP contribution in [0.1, 0.15) is 94.2 Å². The Morgan fingerprint density at radius 3 is 1.81 bits per heavy atom. The molecule has 10 nitrogen and oxygen atoms in total. The van der Waals surface area contributed by atoms with Gasteiger partial charge in [0.2, 0.25) is 10.0 Å². The van der Waals surface area contributed by atoms with Crippen LogP contribution in [0.3, 0.4) is 0 Å². The molecule has 286 valence electrons. The molecule has 3 aromatic rings. The number of hydrogen-bond acceptors (Lipinski definition) is 7. The largest absolute Gasteiger partial charge is 0.497 e. The smallest absolute Gasteiger partial charge is 0.324 e. The molecule has 2 aromatic carbocycles. The summed E-state index contributed by atoms with van der Waals surface area (Å²) >= 11 is 0. The van der Waals surface area contributed by atoms with Crippen molar-refractivity contribution in [1.29, 1.82) is 0 Å². The van der Waals surface area contributed by atoms with Crippen LogP contribution in [0, 0.1) is 21.6 Å². The van der Waals surface area contributed by atoms with Crippen molar-refractivity contribution in [3.63, 3.8) is 0 Å². The number of benzene rings is 2. The summed E-state index contributed by atoms with van der Waals surface area (Å²) in [4.78, 5) is 23.8. The van der Waals surface area contributed by atoms with Crippen LogP contribution in [0.15, 0.2) is 47.5 Å². The number of hydrogen-bond donors (Lipinski definition) is 1. The van der Waals surface area contributed by atoms with E-state index >= 15 is 0 Å². The van der Waals surface area contributed by atoms with E-state index in [0.717, 1.165) is 46.3 Å². The van der Waals surface area contributed by atoms with E-state index in [1.165, 1.54) is 7.11 Å². The Morgan fingerprint density at radius 1 is 0.865 bits per heavy atom. The van der Waals surface area contributed by atoms with Crippen LogP contribution >= 0.6 is 0 Å². The zero-order chi connectivity index (χ0) is 39.5. The van der Waals surface area contributed by atoms with E-state index in [4.69, 9.17) is 9.47 Å². The number of aromatic nitrogens is 1. The van der Waals surface area contributed by atoms with Gasteiger partial charge in [0.1, 0.15) is 19.9 Å². The average molecular weight is 770 g/mol. The lowest BCUT2D eigenvalue weighted by Crippen LogP contribution is -2.51. The fourth-order valence-corrected chi connectivity index (χ4v) is 22.1. The Morgan fingerprint density at radius 2 is 1.38 bits per heavy atom. The first kappa shape index (κ1) is 43.0. The summed E-state index contributed by atoms with van der Waals surface area (Å²) in [5.74, 6) is 3.59. The Bertz CT molecular complexity index is 1880. The van der Waals surface area contributed by atoms with Crippen molar-refractivity contribution >= 4 is 48.9 Å². The summed E-state index contributed by atoms with van der Waals surface area (Å²) in [6.45, 7) is 27.3. The van der Waals surface area contributed by atoms with Crippen LogP contribution in [0.5, 0.6) is 5.75 Å². The van der Waals surface area contributed by atoms with Crippen LogP contribution in [-0.2, 0) is 26.0 Å². The molecular formula is C39H59N3O7SSi2. The third-order valence-electron chi connectivity index (χ3n) is 11.2. The number of non-ortho nitro benzene ring substituents is 1. The van der Waals surface area contributed by atoms with Gasteiger partial charge in [0, 0.05) is 41.1 Å². The second-order valence-corrected chi connectivity index (χ2v) is 28.8. The highest BCUT2D eigenvalue weighted by molar-refractivity contribution is 7.89. The van der Waals surface area contributed by atoms with Gasteiger partial charge in [-0.3, -0.25) is 14.9 Å². The van der Waals surface area contributed by atoms with Crippen molar-refractivity contribution in [3.05, 3.63) is 63.8 Å². The van der Waals surface area contributed by atoms with Gasteiger partial charge in [-0.25, -0.2) is 8.42 Å². The summed E-state index contributed by atoms with van der Waals surface area (Å²) in [6.07, 6.45) is 2.11. The number of nitro benzene ring substituents is 1. The maximum atomic E-state index is 13.7. The number of nitrogens with one attached hydrogen (secondary N) is 1. The zero-order valence-corrected chi connectivity index (χ0v) is 36.3. The van der Waals surface area contributed by atoms with Crippen molar-refractivity contribution in [2.45, 2.75) is 134 Å². The second-order valence-electron chi connectivity index (χ2n) is 15.7. The number of carbonyl (C=O) groups excluding carboxylic acids is 1. The molecule has 0 saturated heterocycles. The molecule has 0 fully saturated rings. The molecular weight excluding hydrogens is 711 g/mol. The monoisotopic (exact) mass is 769 g/mol. The van der Waals surface area contributed by atoms with E-state index in [2.05, 4.69) is 110 Å². The van der Waals surface area contributed by atoms with Gasteiger partial charge in [-0.2, -0.15) is 4.72 Å². The molecule has 0 radical (unpaired) electrons. The van der Waals surface area contributed by atoms with Gasteiger partial charge in [-0.1, -0.05) is 89.0 Å². The number of carbonyl (C=O) groups is 1. The summed E-state index contributed by atoms with van der Waals surface area (Å²) in [6, 6.07) is 7.26. The van der Waals surface area contributed by atoms with Crippen molar-refractivity contribution in [1.82, 2.24) is 8.95 Å². The molecule has 1 aromatic heterocycles. The quantitative estimate of drug-likeness (QED) is 0.0536. The highest BCUT2D eigenvalue weighted by Crippen LogP contribution is 2.46. The molecule has 1 atom stereocenters. The summed E-state index contributed by atoms with van der Waals surface area (Å²) in [7, 11) is -5.99. The van der Waals surface area contributed by atoms with Gasteiger partial charge in [-0.15, -0.1) is 5.54 Å². The second kappa shape index (κ2) is 16.7. The maximum absolute atomic E-state index is 13.7. The van der Waals surface area contributed by atoms with E-state index in [-0.39, 0.29) is 17.0 Å². The number of nitro groups is 1. The molecule has 0 aliphatic heterocycles. The van der Waals surface area contributed by atoms with Crippen LogP contribution in [0.25, 0.3) is 10.9 Å². The lowest BCUT2D eigenvalue weighted by Gasteiger charge is -2.44. The van der Waals surface area contributed by atoms with Crippen molar-refractivity contribution < 1.29 is 27.6 Å². The molecule has 0 spiro atoms. The fourth-order valence-electron chi connectivity index (χ4n) is 9.09. The number of rotatable bonds is 15. The van der Waals surface area contributed by atoms with Gasteiger partial charge in [-0.05, 0) is 63.2 Å². The molecule has 1 N–H and O–H groups in total. The Balaban J connectivity index is 2.46. The topological polar surface area (TPSA) is 130 Å². The van der Waals surface area contributed by atoms with Gasteiger partial charge in [0.15, 0.2) is 8.24 Å². The molecule has 0 unspecified atom stereocenters. The normalized spacial score (nSPS) is 13.4. The molecule has 0 saturated carbocycles. The third-order valence-corrected chi connectivity index (χ3v) is 25.8. The molecule has 13 heteroatoms. The average Bonchev–Trinajstić information content (AvgIpc) is 3.41. The molecule has 3 rings (SSSR count). The first-order valence-corrected chi connectivity index (χ1v) is 24.1. The Kier molecular flexibility index (Phi) is 13.8. The lowest BCUT2D eigenvalue weighted by atomic mass is 10.0. The summed E-state index contributed by atoms with van der Waals surface area (Å²) < 4.78 is 43.4. The van der Waals surface area contributed by atoms with E-state index < -0.39 is 43.3 Å². The molecule has 0 bridgehead atoms. The Labute approximate surface area is 313 Å². The number of ether oxygens (including phenoxy) is 2. The van der Waals surface area contributed by atoms with Crippen molar-refractivity contribution in [3.8, 4) is 17.2 Å². The first-order chi connectivity index (χ1) is 24.1. The van der Waals surface area contributed by atoms with Crippen LogP contribution in [0.4, 0.5) is 5.69 Å². The minimum Gasteiger partial charge on any atom is -0.497 e. The van der Waals surface area contributed by atoms with Gasteiger partial charge in [0.05, 0.1) is 24.0 Å². The minimum atomic E-state index is -4.29. The van der Waals surface area contributed by atoms with Crippen molar-refractivity contribution in [2.75, 3.05) is 14.2 Å².